The van der Waals surface area contributed by atoms with E-state index in [9.17, 15) is 4.79 Å². The number of aliphatic hydroxyl groups is 1. The van der Waals surface area contributed by atoms with Gasteiger partial charge in [0.1, 0.15) is 5.69 Å². The van der Waals surface area contributed by atoms with Crippen molar-refractivity contribution in [3.63, 3.8) is 0 Å². The summed E-state index contributed by atoms with van der Waals surface area (Å²) >= 11 is 1.41. The van der Waals surface area contributed by atoms with Crippen molar-refractivity contribution in [3.8, 4) is 0 Å². The van der Waals surface area contributed by atoms with Crippen LogP contribution in [-0.2, 0) is 0 Å². The molecule has 0 saturated heterocycles. The van der Waals surface area contributed by atoms with E-state index in [0.717, 1.165) is 12.8 Å². The van der Waals surface area contributed by atoms with Crippen LogP contribution in [-0.4, -0.2) is 40.1 Å². The Kier molecular flexibility index (Phi) is 2.79. The van der Waals surface area contributed by atoms with E-state index in [2.05, 4.69) is 4.98 Å². The molecule has 0 aliphatic heterocycles. The predicted molar refractivity (Wildman–Crippen MR) is 53.3 cm³/mol. The Labute approximate surface area is 86.2 Å². The number of thiazole rings is 1. The van der Waals surface area contributed by atoms with Crippen molar-refractivity contribution in [1.29, 1.82) is 0 Å². The van der Waals surface area contributed by atoms with Gasteiger partial charge in [0.15, 0.2) is 0 Å². The van der Waals surface area contributed by atoms with Crippen molar-refractivity contribution in [2.45, 2.75) is 18.9 Å². The van der Waals surface area contributed by atoms with Gasteiger partial charge in [0, 0.05) is 18.0 Å². The maximum absolute atomic E-state index is 11.8. The topological polar surface area (TPSA) is 53.4 Å². The molecular weight excluding hydrogens is 200 g/mol. The van der Waals surface area contributed by atoms with Gasteiger partial charge in [-0.25, -0.2) is 4.98 Å². The molecule has 1 aliphatic rings. The van der Waals surface area contributed by atoms with E-state index in [1.165, 1.54) is 11.3 Å². The van der Waals surface area contributed by atoms with Crippen molar-refractivity contribution in [2.24, 2.45) is 0 Å². The van der Waals surface area contributed by atoms with Crippen molar-refractivity contribution >= 4 is 17.2 Å². The van der Waals surface area contributed by atoms with Gasteiger partial charge in [-0.05, 0) is 12.8 Å². The average molecular weight is 212 g/mol. The molecule has 0 spiro atoms. The lowest BCUT2D eigenvalue weighted by Crippen LogP contribution is -2.35. The SMILES string of the molecule is O=C(c1cscn1)N(CCO)C1CC1. The first-order valence-electron chi connectivity index (χ1n) is 4.63. The van der Waals surface area contributed by atoms with Gasteiger partial charge in [0.25, 0.3) is 5.91 Å². The van der Waals surface area contributed by atoms with E-state index < -0.39 is 0 Å². The second kappa shape index (κ2) is 4.06. The molecule has 0 unspecified atom stereocenters. The molecule has 14 heavy (non-hydrogen) atoms. The molecule has 0 aromatic carbocycles. The number of carbonyl (C=O) groups excluding carboxylic acids is 1. The molecule has 1 N–H and O–H groups in total. The molecule has 0 bridgehead atoms. The lowest BCUT2D eigenvalue weighted by Gasteiger charge is -2.19. The Morgan fingerprint density at radius 1 is 1.71 bits per heavy atom. The molecule has 1 aromatic heterocycles. The molecule has 1 fully saturated rings. The smallest absolute Gasteiger partial charge is 0.273 e. The van der Waals surface area contributed by atoms with Crippen LogP contribution in [0.4, 0.5) is 0 Å². The minimum absolute atomic E-state index is 0.0202. The van der Waals surface area contributed by atoms with Crippen LogP contribution >= 0.6 is 11.3 Å². The number of aromatic nitrogens is 1. The van der Waals surface area contributed by atoms with Gasteiger partial charge >= 0.3 is 0 Å². The van der Waals surface area contributed by atoms with E-state index in [0.29, 0.717) is 18.3 Å². The standard InChI is InChI=1S/C9H12N2O2S/c12-4-3-11(7-1-2-7)9(13)8-5-14-6-10-8/h5-7,12H,1-4H2. The van der Waals surface area contributed by atoms with Crippen LogP contribution in [0.3, 0.4) is 0 Å². The Balaban J connectivity index is 2.07. The first-order chi connectivity index (χ1) is 6.83. The van der Waals surface area contributed by atoms with Crippen molar-refractivity contribution in [1.82, 2.24) is 9.88 Å². The monoisotopic (exact) mass is 212 g/mol. The average Bonchev–Trinajstić information content (AvgIpc) is 2.88. The number of hydrogen-bond donors (Lipinski definition) is 1. The zero-order valence-electron chi connectivity index (χ0n) is 7.72. The van der Waals surface area contributed by atoms with Crippen LogP contribution in [0.5, 0.6) is 0 Å². The zero-order valence-corrected chi connectivity index (χ0v) is 8.54. The number of hydrogen-bond acceptors (Lipinski definition) is 4. The summed E-state index contributed by atoms with van der Waals surface area (Å²) in [6.45, 7) is 0.438. The molecule has 1 saturated carbocycles. The Bertz CT molecular complexity index is 309. The van der Waals surface area contributed by atoms with Gasteiger partial charge in [-0.2, -0.15) is 0 Å². The lowest BCUT2D eigenvalue weighted by molar-refractivity contribution is 0.0702. The third kappa shape index (κ3) is 1.93. The first kappa shape index (κ1) is 9.61. The number of rotatable bonds is 4. The summed E-state index contributed by atoms with van der Waals surface area (Å²) in [5.74, 6) is -0.0530. The van der Waals surface area contributed by atoms with Crippen LogP contribution in [0.25, 0.3) is 0 Å². The summed E-state index contributed by atoms with van der Waals surface area (Å²) in [6, 6.07) is 0.330. The van der Waals surface area contributed by atoms with Crippen LogP contribution in [0, 0.1) is 0 Å². The minimum Gasteiger partial charge on any atom is -0.395 e. The highest BCUT2D eigenvalue weighted by atomic mass is 32.1. The maximum atomic E-state index is 11.8. The minimum atomic E-state index is -0.0530. The van der Waals surface area contributed by atoms with Crippen LogP contribution in [0.2, 0.25) is 0 Å². The molecule has 5 heteroatoms. The lowest BCUT2D eigenvalue weighted by atomic mass is 10.3. The number of amides is 1. The van der Waals surface area contributed by atoms with E-state index in [-0.39, 0.29) is 12.5 Å². The van der Waals surface area contributed by atoms with Gasteiger partial charge in [-0.3, -0.25) is 4.79 Å². The van der Waals surface area contributed by atoms with E-state index in [1.807, 2.05) is 0 Å². The Morgan fingerprint density at radius 2 is 2.50 bits per heavy atom. The van der Waals surface area contributed by atoms with Crippen LogP contribution in [0.15, 0.2) is 10.9 Å². The highest BCUT2D eigenvalue weighted by Crippen LogP contribution is 2.27. The fourth-order valence-corrected chi connectivity index (χ4v) is 1.94. The molecule has 2 rings (SSSR count). The van der Waals surface area contributed by atoms with Gasteiger partial charge < -0.3 is 10.0 Å². The zero-order chi connectivity index (χ0) is 9.97. The van der Waals surface area contributed by atoms with Crippen molar-refractivity contribution in [2.75, 3.05) is 13.2 Å². The van der Waals surface area contributed by atoms with Crippen LogP contribution in [0.1, 0.15) is 23.3 Å². The number of aliphatic hydroxyl groups excluding tert-OH is 1. The Morgan fingerprint density at radius 3 is 3.00 bits per heavy atom. The third-order valence-corrected chi connectivity index (χ3v) is 2.83. The largest absolute Gasteiger partial charge is 0.395 e. The molecule has 1 aliphatic carbocycles. The summed E-state index contributed by atoms with van der Waals surface area (Å²) in [4.78, 5) is 17.5. The highest BCUT2D eigenvalue weighted by Gasteiger charge is 2.33. The fraction of sp³-hybridized carbons (Fsp3) is 0.556. The maximum Gasteiger partial charge on any atom is 0.273 e. The van der Waals surface area contributed by atoms with Crippen molar-refractivity contribution < 1.29 is 9.90 Å². The summed E-state index contributed by atoms with van der Waals surface area (Å²) in [5, 5.41) is 10.6. The van der Waals surface area contributed by atoms with Crippen LogP contribution < -0.4 is 0 Å². The fourth-order valence-electron chi connectivity index (χ4n) is 1.41. The molecule has 76 valence electrons. The third-order valence-electron chi connectivity index (χ3n) is 2.24. The van der Waals surface area contributed by atoms with Crippen molar-refractivity contribution in [3.05, 3.63) is 16.6 Å². The van der Waals surface area contributed by atoms with E-state index in [4.69, 9.17) is 5.11 Å². The molecule has 4 nitrogen and oxygen atoms in total. The predicted octanol–water partition coefficient (Wildman–Crippen LogP) is 0.740. The van der Waals surface area contributed by atoms with Gasteiger partial charge in [-0.1, -0.05) is 0 Å². The number of nitrogens with zero attached hydrogens (tertiary/aromatic N) is 2. The molecule has 1 aromatic rings. The molecule has 1 heterocycles. The first-order valence-corrected chi connectivity index (χ1v) is 5.57. The normalized spacial score (nSPS) is 15.5. The molecular formula is C9H12N2O2S. The summed E-state index contributed by atoms with van der Waals surface area (Å²) in [6.07, 6.45) is 2.10. The van der Waals surface area contributed by atoms with Gasteiger partial charge in [0.2, 0.25) is 0 Å². The van der Waals surface area contributed by atoms with E-state index >= 15 is 0 Å². The van der Waals surface area contributed by atoms with Gasteiger partial charge in [0.05, 0.1) is 12.1 Å². The highest BCUT2D eigenvalue weighted by molar-refractivity contribution is 7.07. The summed E-state index contributed by atoms with van der Waals surface area (Å²) in [7, 11) is 0. The van der Waals surface area contributed by atoms with Gasteiger partial charge in [-0.15, -0.1) is 11.3 Å². The summed E-state index contributed by atoms with van der Waals surface area (Å²) in [5.41, 5.74) is 2.15. The second-order valence-corrected chi connectivity index (χ2v) is 4.05. The molecule has 1 amide bonds. The molecule has 0 atom stereocenters. The molecule has 0 radical (unpaired) electrons. The Hall–Kier alpha value is -0.940. The second-order valence-electron chi connectivity index (χ2n) is 3.33. The van der Waals surface area contributed by atoms with E-state index in [1.54, 1.807) is 15.8 Å². The quantitative estimate of drug-likeness (QED) is 0.801. The number of carbonyl (C=O) groups is 1. The summed E-state index contributed by atoms with van der Waals surface area (Å²) < 4.78 is 0.